The summed E-state index contributed by atoms with van der Waals surface area (Å²) in [5.41, 5.74) is 3.12. The number of amides is 2. The number of carbonyl (C=O) groups excluding carboxylic acids is 2. The largest absolute Gasteiger partial charge is 0.342 e. The molecule has 1 saturated heterocycles. The number of aryl methyl sites for hydroxylation is 1. The number of benzene rings is 2. The molecule has 1 aliphatic rings. The molecule has 27 heavy (non-hydrogen) atoms. The fourth-order valence-corrected chi connectivity index (χ4v) is 3.59. The first-order chi connectivity index (χ1) is 13.2. The number of anilines is 1. The summed E-state index contributed by atoms with van der Waals surface area (Å²) in [6, 6.07) is 17.8. The first-order valence-electron chi connectivity index (χ1n) is 9.87. The quantitative estimate of drug-likeness (QED) is 0.840. The van der Waals surface area contributed by atoms with Gasteiger partial charge < -0.3 is 10.2 Å². The molecule has 0 spiro atoms. The minimum atomic E-state index is -0.145. The summed E-state index contributed by atoms with van der Waals surface area (Å²) in [6.45, 7) is 3.40. The van der Waals surface area contributed by atoms with Gasteiger partial charge in [-0.05, 0) is 42.5 Å². The van der Waals surface area contributed by atoms with Crippen LogP contribution in [0.3, 0.4) is 0 Å². The number of likely N-dealkylation sites (tertiary alicyclic amines) is 1. The highest BCUT2D eigenvalue weighted by molar-refractivity contribution is 5.93. The number of hydrogen-bond acceptors (Lipinski definition) is 2. The van der Waals surface area contributed by atoms with E-state index >= 15 is 0 Å². The zero-order chi connectivity index (χ0) is 19.1. The van der Waals surface area contributed by atoms with Crippen LogP contribution in [0.4, 0.5) is 5.69 Å². The first kappa shape index (κ1) is 19.2. The van der Waals surface area contributed by atoms with Crippen LogP contribution in [0.25, 0.3) is 0 Å². The van der Waals surface area contributed by atoms with Gasteiger partial charge in [0.15, 0.2) is 0 Å². The molecule has 2 aromatic carbocycles. The van der Waals surface area contributed by atoms with Crippen molar-refractivity contribution >= 4 is 17.5 Å². The van der Waals surface area contributed by atoms with Gasteiger partial charge in [0.05, 0.1) is 12.3 Å². The molecule has 1 fully saturated rings. The fourth-order valence-electron chi connectivity index (χ4n) is 3.59. The zero-order valence-electron chi connectivity index (χ0n) is 16.0. The Labute approximate surface area is 161 Å². The summed E-state index contributed by atoms with van der Waals surface area (Å²) < 4.78 is 0. The van der Waals surface area contributed by atoms with Crippen molar-refractivity contribution in [1.82, 2.24) is 4.90 Å². The van der Waals surface area contributed by atoms with E-state index in [9.17, 15) is 9.59 Å². The normalized spacial score (nSPS) is 16.8. The van der Waals surface area contributed by atoms with E-state index in [-0.39, 0.29) is 17.7 Å². The monoisotopic (exact) mass is 364 g/mol. The third-order valence-electron chi connectivity index (χ3n) is 5.10. The summed E-state index contributed by atoms with van der Waals surface area (Å²) in [4.78, 5) is 27.1. The van der Waals surface area contributed by atoms with Crippen LogP contribution >= 0.6 is 0 Å². The second-order valence-electron chi connectivity index (χ2n) is 7.28. The Morgan fingerprint density at radius 2 is 1.78 bits per heavy atom. The standard InChI is InChI=1S/C23H28N2O2/c1-2-7-18-11-13-21(14-12-18)24-23(27)20-10-6-15-25(17-20)22(26)16-19-8-4-3-5-9-19/h3-5,8-9,11-14,20H,2,6-7,10,15-17H2,1H3,(H,24,27). The van der Waals surface area contributed by atoms with E-state index in [0.717, 1.165) is 43.5 Å². The Kier molecular flexibility index (Phi) is 6.64. The van der Waals surface area contributed by atoms with Crippen LogP contribution in [-0.2, 0) is 22.4 Å². The van der Waals surface area contributed by atoms with E-state index in [2.05, 4.69) is 24.4 Å². The summed E-state index contributed by atoms with van der Waals surface area (Å²) in [6.07, 6.45) is 4.26. The summed E-state index contributed by atoms with van der Waals surface area (Å²) in [7, 11) is 0. The van der Waals surface area contributed by atoms with Crippen LogP contribution in [0.15, 0.2) is 54.6 Å². The Bertz CT molecular complexity index is 756. The molecule has 0 saturated carbocycles. The summed E-state index contributed by atoms with van der Waals surface area (Å²) in [5.74, 6) is -0.0353. The highest BCUT2D eigenvalue weighted by Crippen LogP contribution is 2.20. The van der Waals surface area contributed by atoms with E-state index in [4.69, 9.17) is 0 Å². The molecule has 2 amide bonds. The molecule has 1 unspecified atom stereocenters. The number of nitrogens with one attached hydrogen (secondary N) is 1. The SMILES string of the molecule is CCCc1ccc(NC(=O)C2CCCN(C(=O)Cc3ccccc3)C2)cc1. The van der Waals surface area contributed by atoms with E-state index in [0.29, 0.717) is 13.0 Å². The van der Waals surface area contributed by atoms with E-state index in [1.165, 1.54) is 5.56 Å². The van der Waals surface area contributed by atoms with Crippen LogP contribution in [0.5, 0.6) is 0 Å². The number of hydrogen-bond donors (Lipinski definition) is 1. The van der Waals surface area contributed by atoms with Crippen molar-refractivity contribution in [2.24, 2.45) is 5.92 Å². The molecule has 2 aromatic rings. The molecule has 1 heterocycles. The van der Waals surface area contributed by atoms with Gasteiger partial charge in [0.1, 0.15) is 0 Å². The van der Waals surface area contributed by atoms with Crippen molar-refractivity contribution in [3.8, 4) is 0 Å². The van der Waals surface area contributed by atoms with Gasteiger partial charge >= 0.3 is 0 Å². The fraction of sp³-hybridized carbons (Fsp3) is 0.391. The molecule has 1 aliphatic heterocycles. The lowest BCUT2D eigenvalue weighted by Gasteiger charge is -2.32. The molecule has 1 N–H and O–H groups in total. The van der Waals surface area contributed by atoms with Crippen LogP contribution in [0.2, 0.25) is 0 Å². The van der Waals surface area contributed by atoms with Gasteiger partial charge in [-0.25, -0.2) is 0 Å². The van der Waals surface area contributed by atoms with Gasteiger partial charge in [-0.3, -0.25) is 9.59 Å². The van der Waals surface area contributed by atoms with E-state index < -0.39 is 0 Å². The smallest absolute Gasteiger partial charge is 0.229 e. The Morgan fingerprint density at radius 1 is 1.04 bits per heavy atom. The second-order valence-corrected chi connectivity index (χ2v) is 7.28. The van der Waals surface area contributed by atoms with Crippen LogP contribution < -0.4 is 5.32 Å². The first-order valence-corrected chi connectivity index (χ1v) is 9.87. The second kappa shape index (κ2) is 9.36. The number of nitrogens with zero attached hydrogens (tertiary/aromatic N) is 1. The molecule has 0 aromatic heterocycles. The molecule has 1 atom stereocenters. The lowest BCUT2D eigenvalue weighted by atomic mass is 9.96. The predicted octanol–water partition coefficient (Wildman–Crippen LogP) is 4.06. The van der Waals surface area contributed by atoms with Gasteiger partial charge in [-0.1, -0.05) is 55.8 Å². The minimum Gasteiger partial charge on any atom is -0.342 e. The van der Waals surface area contributed by atoms with Gasteiger partial charge in [0.2, 0.25) is 11.8 Å². The topological polar surface area (TPSA) is 49.4 Å². The van der Waals surface area contributed by atoms with Crippen molar-refractivity contribution in [1.29, 1.82) is 0 Å². The van der Waals surface area contributed by atoms with E-state index in [1.54, 1.807) is 0 Å². The summed E-state index contributed by atoms with van der Waals surface area (Å²) >= 11 is 0. The lowest BCUT2D eigenvalue weighted by Crippen LogP contribution is -2.44. The van der Waals surface area contributed by atoms with Crippen molar-refractivity contribution in [3.05, 3.63) is 65.7 Å². The third-order valence-corrected chi connectivity index (χ3v) is 5.10. The average Bonchev–Trinajstić information content (AvgIpc) is 2.70. The average molecular weight is 364 g/mol. The number of carbonyl (C=O) groups is 2. The lowest BCUT2D eigenvalue weighted by molar-refractivity contribution is -0.133. The molecule has 3 rings (SSSR count). The maximum Gasteiger partial charge on any atom is 0.229 e. The molecular formula is C23H28N2O2. The van der Waals surface area contributed by atoms with Crippen molar-refractivity contribution in [2.45, 2.75) is 39.0 Å². The van der Waals surface area contributed by atoms with Crippen LogP contribution in [0.1, 0.15) is 37.3 Å². The molecule has 0 bridgehead atoms. The maximum atomic E-state index is 12.7. The maximum absolute atomic E-state index is 12.7. The Hall–Kier alpha value is -2.62. The number of piperidine rings is 1. The summed E-state index contributed by atoms with van der Waals surface area (Å²) in [5, 5.41) is 3.01. The van der Waals surface area contributed by atoms with Gasteiger partial charge in [0, 0.05) is 18.8 Å². The van der Waals surface area contributed by atoms with Crippen molar-refractivity contribution in [2.75, 3.05) is 18.4 Å². The number of rotatable bonds is 6. The van der Waals surface area contributed by atoms with Crippen LogP contribution in [0, 0.1) is 5.92 Å². The molecule has 0 aliphatic carbocycles. The van der Waals surface area contributed by atoms with Crippen molar-refractivity contribution in [3.63, 3.8) is 0 Å². The van der Waals surface area contributed by atoms with Gasteiger partial charge in [-0.15, -0.1) is 0 Å². The Morgan fingerprint density at radius 3 is 2.48 bits per heavy atom. The molecule has 4 heteroatoms. The molecule has 4 nitrogen and oxygen atoms in total. The molecule has 142 valence electrons. The highest BCUT2D eigenvalue weighted by atomic mass is 16.2. The van der Waals surface area contributed by atoms with E-state index in [1.807, 2.05) is 47.4 Å². The minimum absolute atomic E-state index is 0.00968. The van der Waals surface area contributed by atoms with Gasteiger partial charge in [-0.2, -0.15) is 0 Å². The highest BCUT2D eigenvalue weighted by Gasteiger charge is 2.28. The van der Waals surface area contributed by atoms with Crippen LogP contribution in [-0.4, -0.2) is 29.8 Å². The molecule has 0 radical (unpaired) electrons. The van der Waals surface area contributed by atoms with Crippen molar-refractivity contribution < 1.29 is 9.59 Å². The predicted molar refractivity (Wildman–Crippen MR) is 109 cm³/mol. The molecular weight excluding hydrogens is 336 g/mol. The Balaban J connectivity index is 1.55. The zero-order valence-corrected chi connectivity index (χ0v) is 16.0. The van der Waals surface area contributed by atoms with Gasteiger partial charge in [0.25, 0.3) is 0 Å². The third kappa shape index (κ3) is 5.43.